The molecule has 6 heteroatoms. The molecule has 1 aliphatic heterocycles. The summed E-state index contributed by atoms with van der Waals surface area (Å²) < 4.78 is 5.91. The SMILES string of the molecule is NC[C@H]1CCC[C@H]1C(=O)N1CCN(Cc2ncc(-c3ccccc3)o2)CC1. The minimum Gasteiger partial charge on any atom is -0.439 e. The first kappa shape index (κ1) is 18.2. The molecule has 6 nitrogen and oxygen atoms in total. The second-order valence-corrected chi connectivity index (χ2v) is 7.62. The van der Waals surface area contributed by atoms with Gasteiger partial charge in [0.2, 0.25) is 11.8 Å². The molecule has 0 unspecified atom stereocenters. The van der Waals surface area contributed by atoms with E-state index in [2.05, 4.69) is 9.88 Å². The molecule has 4 rings (SSSR count). The molecule has 2 heterocycles. The zero-order chi connectivity index (χ0) is 18.6. The van der Waals surface area contributed by atoms with Crippen LogP contribution in [0.2, 0.25) is 0 Å². The highest BCUT2D eigenvalue weighted by molar-refractivity contribution is 5.79. The van der Waals surface area contributed by atoms with Crippen LogP contribution in [-0.2, 0) is 11.3 Å². The number of amides is 1. The minimum atomic E-state index is 0.140. The van der Waals surface area contributed by atoms with Crippen LogP contribution < -0.4 is 5.73 Å². The smallest absolute Gasteiger partial charge is 0.226 e. The number of piperazine rings is 1. The number of carbonyl (C=O) groups is 1. The second-order valence-electron chi connectivity index (χ2n) is 7.62. The molecule has 0 radical (unpaired) electrons. The van der Waals surface area contributed by atoms with Gasteiger partial charge in [-0.1, -0.05) is 36.8 Å². The van der Waals surface area contributed by atoms with Crippen LogP contribution in [0.5, 0.6) is 0 Å². The lowest BCUT2D eigenvalue weighted by Gasteiger charge is -2.36. The Labute approximate surface area is 160 Å². The summed E-state index contributed by atoms with van der Waals surface area (Å²) in [6.45, 7) is 4.58. The van der Waals surface area contributed by atoms with Gasteiger partial charge in [0.15, 0.2) is 5.76 Å². The average molecular weight is 368 g/mol. The molecular formula is C21H28N4O2. The summed E-state index contributed by atoms with van der Waals surface area (Å²) in [6.07, 6.45) is 5.02. The van der Waals surface area contributed by atoms with Gasteiger partial charge in [-0.3, -0.25) is 9.69 Å². The molecule has 0 spiro atoms. The van der Waals surface area contributed by atoms with Gasteiger partial charge in [0.1, 0.15) is 0 Å². The predicted octanol–water partition coefficient (Wildman–Crippen LogP) is 2.36. The Balaban J connectivity index is 1.30. The molecule has 2 aromatic rings. The summed E-state index contributed by atoms with van der Waals surface area (Å²) in [6, 6.07) is 10.0. The zero-order valence-electron chi connectivity index (χ0n) is 15.7. The topological polar surface area (TPSA) is 75.6 Å². The zero-order valence-corrected chi connectivity index (χ0v) is 15.7. The molecule has 1 saturated carbocycles. The molecule has 2 fully saturated rings. The van der Waals surface area contributed by atoms with Gasteiger partial charge in [-0.15, -0.1) is 0 Å². The number of nitrogens with zero attached hydrogens (tertiary/aromatic N) is 3. The van der Waals surface area contributed by atoms with E-state index in [1.54, 1.807) is 6.20 Å². The Morgan fingerprint density at radius 3 is 2.67 bits per heavy atom. The number of carbonyl (C=O) groups excluding carboxylic acids is 1. The van der Waals surface area contributed by atoms with Crippen molar-refractivity contribution in [3.8, 4) is 11.3 Å². The van der Waals surface area contributed by atoms with E-state index in [0.29, 0.717) is 24.9 Å². The van der Waals surface area contributed by atoms with Crippen LogP contribution in [0.4, 0.5) is 0 Å². The van der Waals surface area contributed by atoms with E-state index in [1.165, 1.54) is 0 Å². The first-order valence-corrected chi connectivity index (χ1v) is 9.96. The molecule has 1 saturated heterocycles. The van der Waals surface area contributed by atoms with Crippen molar-refractivity contribution in [1.29, 1.82) is 0 Å². The molecular weight excluding hydrogens is 340 g/mol. The summed E-state index contributed by atoms with van der Waals surface area (Å²) >= 11 is 0. The molecule has 2 atom stereocenters. The summed E-state index contributed by atoms with van der Waals surface area (Å²) in [7, 11) is 0. The standard InChI is InChI=1S/C21H28N4O2/c22-13-17-7-4-8-18(17)21(26)25-11-9-24(10-12-25)15-20-23-14-19(27-20)16-5-2-1-3-6-16/h1-3,5-6,14,17-18H,4,7-13,15,22H2/t17-,18-/m1/s1. The van der Waals surface area contributed by atoms with Crippen LogP contribution >= 0.6 is 0 Å². The maximum Gasteiger partial charge on any atom is 0.226 e. The first-order valence-electron chi connectivity index (χ1n) is 9.96. The molecule has 144 valence electrons. The van der Waals surface area contributed by atoms with Gasteiger partial charge < -0.3 is 15.1 Å². The number of rotatable bonds is 5. The Morgan fingerprint density at radius 2 is 1.93 bits per heavy atom. The Hall–Kier alpha value is -2.18. The molecule has 27 heavy (non-hydrogen) atoms. The summed E-state index contributed by atoms with van der Waals surface area (Å²) in [4.78, 5) is 21.6. The van der Waals surface area contributed by atoms with Crippen molar-refractivity contribution in [2.24, 2.45) is 17.6 Å². The lowest BCUT2D eigenvalue weighted by molar-refractivity contribution is -0.138. The Bertz CT molecular complexity index is 753. The Morgan fingerprint density at radius 1 is 1.15 bits per heavy atom. The molecule has 1 aromatic carbocycles. The lowest BCUT2D eigenvalue weighted by Crippen LogP contribution is -2.50. The van der Waals surface area contributed by atoms with Crippen LogP contribution in [-0.4, -0.2) is 53.4 Å². The highest BCUT2D eigenvalue weighted by Crippen LogP contribution is 2.32. The minimum absolute atomic E-state index is 0.140. The third-order valence-corrected chi connectivity index (χ3v) is 5.93. The van der Waals surface area contributed by atoms with E-state index in [0.717, 1.165) is 62.7 Å². The number of aromatic nitrogens is 1. The second kappa shape index (κ2) is 8.23. The van der Waals surface area contributed by atoms with Gasteiger partial charge >= 0.3 is 0 Å². The van der Waals surface area contributed by atoms with Crippen molar-refractivity contribution in [2.75, 3.05) is 32.7 Å². The molecule has 2 N–H and O–H groups in total. The fourth-order valence-corrected chi connectivity index (χ4v) is 4.32. The largest absolute Gasteiger partial charge is 0.439 e. The van der Waals surface area contributed by atoms with E-state index in [9.17, 15) is 4.79 Å². The summed E-state index contributed by atoms with van der Waals surface area (Å²) in [5.41, 5.74) is 6.89. The van der Waals surface area contributed by atoms with Gasteiger partial charge in [0.25, 0.3) is 0 Å². The monoisotopic (exact) mass is 368 g/mol. The van der Waals surface area contributed by atoms with Gasteiger partial charge in [-0.05, 0) is 25.3 Å². The first-order chi connectivity index (χ1) is 13.2. The fourth-order valence-electron chi connectivity index (χ4n) is 4.32. The lowest BCUT2D eigenvalue weighted by atomic mass is 9.94. The fraction of sp³-hybridized carbons (Fsp3) is 0.524. The van der Waals surface area contributed by atoms with E-state index in [4.69, 9.17) is 10.2 Å². The van der Waals surface area contributed by atoms with Crippen molar-refractivity contribution in [1.82, 2.24) is 14.8 Å². The maximum absolute atomic E-state index is 12.8. The highest BCUT2D eigenvalue weighted by atomic mass is 16.4. The summed E-state index contributed by atoms with van der Waals surface area (Å²) in [5, 5.41) is 0. The normalized spacial score (nSPS) is 23.7. The van der Waals surface area contributed by atoms with E-state index < -0.39 is 0 Å². The third-order valence-electron chi connectivity index (χ3n) is 5.93. The van der Waals surface area contributed by atoms with Gasteiger partial charge in [0, 0.05) is 37.7 Å². The van der Waals surface area contributed by atoms with Crippen molar-refractivity contribution in [3.63, 3.8) is 0 Å². The van der Waals surface area contributed by atoms with Gasteiger partial charge in [-0.2, -0.15) is 0 Å². The number of hydrogen-bond donors (Lipinski definition) is 1. The van der Waals surface area contributed by atoms with E-state index in [1.807, 2.05) is 35.2 Å². The molecule has 2 aliphatic rings. The van der Waals surface area contributed by atoms with Crippen LogP contribution in [0.15, 0.2) is 40.9 Å². The number of benzene rings is 1. The molecule has 1 aliphatic carbocycles. The predicted molar refractivity (Wildman–Crippen MR) is 104 cm³/mol. The molecule has 0 bridgehead atoms. The average Bonchev–Trinajstić information content (AvgIpc) is 3.38. The molecule has 1 aromatic heterocycles. The van der Waals surface area contributed by atoms with Crippen molar-refractivity contribution in [3.05, 3.63) is 42.4 Å². The van der Waals surface area contributed by atoms with Crippen LogP contribution in [0.1, 0.15) is 25.2 Å². The van der Waals surface area contributed by atoms with Crippen LogP contribution in [0.25, 0.3) is 11.3 Å². The third kappa shape index (κ3) is 4.06. The quantitative estimate of drug-likeness (QED) is 0.877. The van der Waals surface area contributed by atoms with Crippen molar-refractivity contribution < 1.29 is 9.21 Å². The van der Waals surface area contributed by atoms with Crippen LogP contribution in [0.3, 0.4) is 0 Å². The Kier molecular flexibility index (Phi) is 5.55. The van der Waals surface area contributed by atoms with E-state index in [-0.39, 0.29) is 5.92 Å². The molecule has 1 amide bonds. The van der Waals surface area contributed by atoms with Crippen LogP contribution in [0, 0.1) is 11.8 Å². The van der Waals surface area contributed by atoms with E-state index >= 15 is 0 Å². The number of oxazole rings is 1. The highest BCUT2D eigenvalue weighted by Gasteiger charge is 2.35. The van der Waals surface area contributed by atoms with Gasteiger partial charge in [-0.25, -0.2) is 4.98 Å². The van der Waals surface area contributed by atoms with Gasteiger partial charge in [0.05, 0.1) is 12.7 Å². The van der Waals surface area contributed by atoms with Crippen molar-refractivity contribution >= 4 is 5.91 Å². The van der Waals surface area contributed by atoms with Crippen molar-refractivity contribution in [2.45, 2.75) is 25.8 Å². The number of hydrogen-bond acceptors (Lipinski definition) is 5. The maximum atomic E-state index is 12.8. The summed E-state index contributed by atoms with van der Waals surface area (Å²) in [5.74, 6) is 2.35. The number of nitrogens with two attached hydrogens (primary N) is 1.